The summed E-state index contributed by atoms with van der Waals surface area (Å²) in [5.74, 6) is -2.01. The monoisotopic (exact) mass is 535 g/mol. The summed E-state index contributed by atoms with van der Waals surface area (Å²) in [5.41, 5.74) is 1.58. The van der Waals surface area contributed by atoms with Crippen LogP contribution in [0, 0.1) is 0 Å². The van der Waals surface area contributed by atoms with E-state index in [0.29, 0.717) is 16.7 Å². The van der Waals surface area contributed by atoms with E-state index < -0.39 is 22.2 Å². The van der Waals surface area contributed by atoms with Gasteiger partial charge in [-0.25, -0.2) is 9.18 Å². The number of nitrogens with one attached hydrogen (secondary N) is 1. The van der Waals surface area contributed by atoms with Crippen LogP contribution in [-0.2, 0) is 4.79 Å². The van der Waals surface area contributed by atoms with E-state index in [0.717, 1.165) is 0 Å². The fourth-order valence-electron chi connectivity index (χ4n) is 3.57. The van der Waals surface area contributed by atoms with Crippen molar-refractivity contribution in [3.63, 3.8) is 0 Å². The topological polar surface area (TPSA) is 116 Å². The smallest absolute Gasteiger partial charge is 0.336 e. The summed E-state index contributed by atoms with van der Waals surface area (Å²) in [6.07, 6.45) is 3.70. The molecule has 0 fully saturated rings. The molecule has 4 rings (SSSR count). The van der Waals surface area contributed by atoms with Gasteiger partial charge in [0.25, 0.3) is 5.91 Å². The van der Waals surface area contributed by atoms with Crippen molar-refractivity contribution in [3.05, 3.63) is 82.6 Å². The molecule has 9 heteroatoms. The van der Waals surface area contributed by atoms with Crippen LogP contribution in [0.2, 0.25) is 0 Å². The number of anilines is 1. The molecule has 2 aromatic rings. The van der Waals surface area contributed by atoms with Crippen LogP contribution in [0.1, 0.15) is 21.5 Å². The van der Waals surface area contributed by atoms with Gasteiger partial charge in [-0.1, -0.05) is 12.1 Å². The molecule has 0 aromatic heterocycles. The van der Waals surface area contributed by atoms with Gasteiger partial charge in [0.15, 0.2) is 0 Å². The van der Waals surface area contributed by atoms with Gasteiger partial charge in [0, 0.05) is 40.1 Å². The summed E-state index contributed by atoms with van der Waals surface area (Å²) in [4.78, 5) is 24.1. The number of allylic oxidation sites excluding steroid dienone is 1. The van der Waals surface area contributed by atoms with Crippen molar-refractivity contribution in [1.29, 1.82) is 0 Å². The molecule has 1 aliphatic heterocycles. The first-order chi connectivity index (χ1) is 14.8. The molecular weight excluding hydrogens is 520 g/mol. The number of aliphatic hydroxyl groups is 1. The van der Waals surface area contributed by atoms with E-state index in [2.05, 4.69) is 5.32 Å². The first-order valence-electron chi connectivity index (χ1n) is 9.05. The lowest BCUT2D eigenvalue weighted by Gasteiger charge is -2.31. The lowest BCUT2D eigenvalue weighted by molar-refractivity contribution is -0.117. The number of alkyl halides is 2. The highest BCUT2D eigenvalue weighted by atomic mass is 127. The third-order valence-corrected chi connectivity index (χ3v) is 5.41. The van der Waals surface area contributed by atoms with Crippen molar-refractivity contribution in [2.24, 2.45) is 0 Å². The minimum Gasteiger partial charge on any atom is -0.508 e. The first kappa shape index (κ1) is 20.9. The summed E-state index contributed by atoms with van der Waals surface area (Å²) in [7, 11) is 0. The molecule has 1 amide bonds. The number of benzene rings is 2. The Balaban J connectivity index is 2.04. The molecule has 0 saturated carbocycles. The van der Waals surface area contributed by atoms with Gasteiger partial charge >= 0.3 is 5.97 Å². The number of carbonyl (C=O) groups is 2. The van der Waals surface area contributed by atoms with Crippen LogP contribution in [-0.4, -0.2) is 37.5 Å². The maximum atomic E-state index is 13.6. The number of aromatic hydroxyl groups is 1. The SMILES string of the molecule is O=C(O)c1cccc(NC(=O)C(F)I)c1C1=C2C=CC(O)=CC2Oc2cc(O)ccc21. The van der Waals surface area contributed by atoms with Crippen LogP contribution < -0.4 is 10.1 Å². The summed E-state index contributed by atoms with van der Waals surface area (Å²) in [5, 5.41) is 32.1. The van der Waals surface area contributed by atoms with Gasteiger partial charge in [0.2, 0.25) is 4.18 Å². The van der Waals surface area contributed by atoms with E-state index in [1.165, 1.54) is 65.1 Å². The zero-order chi connectivity index (χ0) is 22.3. The number of aliphatic hydroxyl groups excluding tert-OH is 1. The maximum absolute atomic E-state index is 13.6. The largest absolute Gasteiger partial charge is 0.508 e. The molecule has 158 valence electrons. The van der Waals surface area contributed by atoms with Gasteiger partial charge in [0.1, 0.15) is 23.4 Å². The van der Waals surface area contributed by atoms with Crippen molar-refractivity contribution < 1.29 is 34.0 Å². The van der Waals surface area contributed by atoms with Crippen molar-refractivity contribution >= 4 is 45.7 Å². The van der Waals surface area contributed by atoms with Crippen molar-refractivity contribution in [2.75, 3.05) is 5.32 Å². The number of halogens is 2. The number of carboxylic acids is 1. The lowest BCUT2D eigenvalue weighted by atomic mass is 9.83. The van der Waals surface area contributed by atoms with E-state index in [9.17, 15) is 29.3 Å². The number of amides is 1. The molecule has 2 unspecified atom stereocenters. The Morgan fingerprint density at radius 2 is 1.94 bits per heavy atom. The number of fused-ring (bicyclic) bond motifs is 2. The zero-order valence-corrected chi connectivity index (χ0v) is 17.8. The molecule has 2 aliphatic rings. The average molecular weight is 535 g/mol. The second-order valence-corrected chi connectivity index (χ2v) is 7.89. The Labute approximate surface area is 189 Å². The molecule has 7 nitrogen and oxygen atoms in total. The van der Waals surface area contributed by atoms with Crippen LogP contribution >= 0.6 is 22.6 Å². The van der Waals surface area contributed by atoms with Gasteiger partial charge < -0.3 is 25.4 Å². The van der Waals surface area contributed by atoms with Crippen molar-refractivity contribution in [1.82, 2.24) is 0 Å². The highest BCUT2D eigenvalue weighted by Gasteiger charge is 2.33. The molecule has 0 spiro atoms. The van der Waals surface area contributed by atoms with Crippen molar-refractivity contribution in [2.45, 2.75) is 10.3 Å². The normalized spacial score (nSPS) is 17.7. The fourth-order valence-corrected chi connectivity index (χ4v) is 3.73. The average Bonchev–Trinajstić information content (AvgIpc) is 2.71. The number of hydrogen-bond donors (Lipinski definition) is 4. The first-order valence-corrected chi connectivity index (χ1v) is 10.3. The minimum absolute atomic E-state index is 0.0399. The van der Waals surface area contributed by atoms with Crippen LogP contribution in [0.15, 0.2) is 66.0 Å². The number of phenols is 1. The Morgan fingerprint density at radius 1 is 1.16 bits per heavy atom. The van der Waals surface area contributed by atoms with Crippen LogP contribution in [0.5, 0.6) is 11.5 Å². The number of rotatable bonds is 4. The number of aromatic carboxylic acids is 1. The van der Waals surface area contributed by atoms with Gasteiger partial charge in [-0.2, -0.15) is 0 Å². The number of carbonyl (C=O) groups excluding carboxylic acids is 1. The zero-order valence-electron chi connectivity index (χ0n) is 15.7. The van der Waals surface area contributed by atoms with E-state index in [4.69, 9.17) is 4.74 Å². The molecule has 1 aliphatic carbocycles. The van der Waals surface area contributed by atoms with E-state index in [1.54, 1.807) is 12.1 Å². The molecule has 1 heterocycles. The van der Waals surface area contributed by atoms with E-state index in [1.807, 2.05) is 0 Å². The molecule has 4 N–H and O–H groups in total. The molecule has 0 bridgehead atoms. The Morgan fingerprint density at radius 3 is 2.65 bits per heavy atom. The summed E-state index contributed by atoms with van der Waals surface area (Å²) < 4.78 is 17.6. The van der Waals surface area contributed by atoms with Gasteiger partial charge in [-0.05, 0) is 52.9 Å². The molecule has 0 radical (unpaired) electrons. The summed E-state index contributed by atoms with van der Waals surface area (Å²) >= 11 is 1.32. The molecule has 0 saturated heterocycles. The second-order valence-electron chi connectivity index (χ2n) is 6.80. The number of carboxylic acid groups (broad SMARTS) is 1. The van der Waals surface area contributed by atoms with E-state index >= 15 is 0 Å². The third kappa shape index (κ3) is 3.88. The molecule has 31 heavy (non-hydrogen) atoms. The predicted octanol–water partition coefficient (Wildman–Crippen LogP) is 4.33. The molecular formula is C22H15FINO6. The quantitative estimate of drug-likeness (QED) is 0.342. The summed E-state index contributed by atoms with van der Waals surface area (Å²) in [6.45, 7) is 0. The van der Waals surface area contributed by atoms with Gasteiger partial charge in [0.05, 0.1) is 5.56 Å². The molecule has 2 aromatic carbocycles. The Hall–Kier alpha value is -3.34. The maximum Gasteiger partial charge on any atom is 0.336 e. The number of phenolic OH excluding ortho intramolecular Hbond substituents is 1. The predicted molar refractivity (Wildman–Crippen MR) is 119 cm³/mol. The third-order valence-electron chi connectivity index (χ3n) is 4.84. The van der Waals surface area contributed by atoms with Gasteiger partial charge in [-0.15, -0.1) is 0 Å². The Bertz CT molecular complexity index is 1200. The van der Waals surface area contributed by atoms with Crippen LogP contribution in [0.25, 0.3) is 5.57 Å². The number of hydrogen-bond acceptors (Lipinski definition) is 5. The Kier molecular flexibility index (Phi) is 5.44. The minimum atomic E-state index is -1.84. The highest BCUT2D eigenvalue weighted by Crippen LogP contribution is 2.46. The van der Waals surface area contributed by atoms with Gasteiger partial charge in [-0.3, -0.25) is 4.79 Å². The standard InChI is InChI=1S/C22H15FINO6/c23-20(24)21(28)25-15-3-1-2-14(22(29)30)19(15)18-12-6-4-10(26)8-16(12)31-17-9-11(27)5-7-13(17)18/h1-9,16,20,26-27H,(H,25,28)(H,29,30). The van der Waals surface area contributed by atoms with Crippen LogP contribution in [0.4, 0.5) is 10.1 Å². The highest BCUT2D eigenvalue weighted by molar-refractivity contribution is 14.1. The summed E-state index contributed by atoms with van der Waals surface area (Å²) in [6, 6.07) is 8.67. The fraction of sp³-hybridized carbons (Fsp3) is 0.0909. The number of ether oxygens (including phenoxy) is 1. The molecule has 2 atom stereocenters. The van der Waals surface area contributed by atoms with Crippen molar-refractivity contribution in [3.8, 4) is 11.5 Å². The van der Waals surface area contributed by atoms with Crippen LogP contribution in [0.3, 0.4) is 0 Å². The second kappa shape index (κ2) is 8.06. The lowest BCUT2D eigenvalue weighted by Crippen LogP contribution is -2.26. The van der Waals surface area contributed by atoms with E-state index in [-0.39, 0.29) is 34.1 Å².